The second-order valence-corrected chi connectivity index (χ2v) is 7.66. The molecule has 0 unspecified atom stereocenters. The zero-order valence-electron chi connectivity index (χ0n) is 15.7. The second kappa shape index (κ2) is 6.54. The predicted octanol–water partition coefficient (Wildman–Crippen LogP) is 3.77. The van der Waals surface area contributed by atoms with Gasteiger partial charge in [0.15, 0.2) is 11.7 Å². The highest BCUT2D eigenvalue weighted by Crippen LogP contribution is 2.46. The topological polar surface area (TPSA) is 53.7 Å². The fourth-order valence-corrected chi connectivity index (χ4v) is 3.17. The summed E-state index contributed by atoms with van der Waals surface area (Å²) in [7, 11) is 1.83. The third kappa shape index (κ3) is 3.24. The molecule has 0 aromatic carbocycles. The summed E-state index contributed by atoms with van der Waals surface area (Å²) in [6, 6.07) is 2.07. The van der Waals surface area contributed by atoms with Crippen molar-refractivity contribution in [2.45, 2.75) is 72.4 Å². The van der Waals surface area contributed by atoms with Crippen LogP contribution in [0.2, 0.25) is 0 Å². The smallest absolute Gasteiger partial charge is 0.194 e. The summed E-state index contributed by atoms with van der Waals surface area (Å²) >= 11 is 0. The first-order chi connectivity index (χ1) is 10.8. The van der Waals surface area contributed by atoms with Gasteiger partial charge in [-0.25, -0.2) is 0 Å². The number of nitrogens with one attached hydrogen (secondary N) is 1. The van der Waals surface area contributed by atoms with Crippen molar-refractivity contribution in [2.24, 2.45) is 10.4 Å². The number of guanidine groups is 1. The summed E-state index contributed by atoms with van der Waals surface area (Å²) in [4.78, 5) is 6.75. The zero-order valence-corrected chi connectivity index (χ0v) is 15.7. The summed E-state index contributed by atoms with van der Waals surface area (Å²) < 4.78 is 5.48. The standard InChI is InChI=1S/C18H32N4O/c1-8-13(9-2)15-10-14(23-21-15)11-20-16(19-7)22-12-17(3,4)18(22,5)6/h10,13H,8-9,11-12H2,1-7H3,(H,19,20). The van der Waals surface area contributed by atoms with Gasteiger partial charge in [0, 0.05) is 36.5 Å². The molecule has 23 heavy (non-hydrogen) atoms. The summed E-state index contributed by atoms with van der Waals surface area (Å²) in [5.41, 5.74) is 1.45. The largest absolute Gasteiger partial charge is 0.359 e. The van der Waals surface area contributed by atoms with Gasteiger partial charge in [-0.2, -0.15) is 0 Å². The summed E-state index contributed by atoms with van der Waals surface area (Å²) in [6.07, 6.45) is 2.18. The van der Waals surface area contributed by atoms with Gasteiger partial charge in [-0.1, -0.05) is 32.9 Å². The van der Waals surface area contributed by atoms with Crippen molar-refractivity contribution in [1.82, 2.24) is 15.4 Å². The van der Waals surface area contributed by atoms with Gasteiger partial charge < -0.3 is 14.7 Å². The molecular formula is C18H32N4O. The maximum atomic E-state index is 5.48. The number of nitrogens with zero attached hydrogens (tertiary/aromatic N) is 3. The van der Waals surface area contributed by atoms with Crippen LogP contribution in [0.15, 0.2) is 15.6 Å². The molecule has 5 heteroatoms. The Balaban J connectivity index is 1.98. The van der Waals surface area contributed by atoms with E-state index >= 15 is 0 Å². The third-order valence-electron chi connectivity index (χ3n) is 5.75. The van der Waals surface area contributed by atoms with E-state index in [2.05, 4.69) is 68.0 Å². The lowest BCUT2D eigenvalue weighted by Crippen LogP contribution is -2.72. The Kier molecular flexibility index (Phi) is 5.07. The van der Waals surface area contributed by atoms with Crippen LogP contribution in [0, 0.1) is 5.41 Å². The second-order valence-electron chi connectivity index (χ2n) is 7.66. The van der Waals surface area contributed by atoms with Crippen molar-refractivity contribution in [2.75, 3.05) is 13.6 Å². The normalized spacial score (nSPS) is 19.8. The van der Waals surface area contributed by atoms with E-state index < -0.39 is 0 Å². The first-order valence-electron chi connectivity index (χ1n) is 8.70. The van der Waals surface area contributed by atoms with E-state index in [1.165, 1.54) is 0 Å². The molecule has 1 fully saturated rings. The van der Waals surface area contributed by atoms with Crippen LogP contribution < -0.4 is 5.32 Å². The Morgan fingerprint density at radius 2 is 2.00 bits per heavy atom. The van der Waals surface area contributed by atoms with Gasteiger partial charge in [0.05, 0.1) is 12.2 Å². The van der Waals surface area contributed by atoms with E-state index in [1.54, 1.807) is 0 Å². The van der Waals surface area contributed by atoms with E-state index in [-0.39, 0.29) is 5.54 Å². The monoisotopic (exact) mass is 320 g/mol. The number of likely N-dealkylation sites (tertiary alicyclic amines) is 1. The average molecular weight is 320 g/mol. The number of rotatable bonds is 5. The quantitative estimate of drug-likeness (QED) is 0.663. The first kappa shape index (κ1) is 17.8. The van der Waals surface area contributed by atoms with Crippen LogP contribution in [0.3, 0.4) is 0 Å². The van der Waals surface area contributed by atoms with Crippen LogP contribution in [-0.2, 0) is 6.54 Å². The molecule has 1 aliphatic rings. The van der Waals surface area contributed by atoms with E-state index in [0.29, 0.717) is 17.9 Å². The number of aliphatic imine (C=N–C) groups is 1. The minimum absolute atomic E-state index is 0.0942. The fourth-order valence-electron chi connectivity index (χ4n) is 3.17. The molecule has 0 saturated carbocycles. The fraction of sp³-hybridized carbons (Fsp3) is 0.778. The molecule has 2 heterocycles. The maximum absolute atomic E-state index is 5.48. The Labute approximate surface area is 140 Å². The van der Waals surface area contributed by atoms with Crippen molar-refractivity contribution in [3.63, 3.8) is 0 Å². The Hall–Kier alpha value is -1.52. The van der Waals surface area contributed by atoms with Gasteiger partial charge in [-0.15, -0.1) is 0 Å². The molecule has 1 aromatic rings. The van der Waals surface area contributed by atoms with Gasteiger partial charge in [-0.3, -0.25) is 4.99 Å². The average Bonchev–Trinajstić information content (AvgIpc) is 2.96. The predicted molar refractivity (Wildman–Crippen MR) is 94.6 cm³/mol. The lowest BCUT2D eigenvalue weighted by molar-refractivity contribution is -0.0668. The van der Waals surface area contributed by atoms with Crippen molar-refractivity contribution in [1.29, 1.82) is 0 Å². The molecule has 2 rings (SSSR count). The highest BCUT2D eigenvalue weighted by Gasteiger charge is 2.53. The molecule has 5 nitrogen and oxygen atoms in total. The van der Waals surface area contributed by atoms with Crippen LogP contribution in [0.5, 0.6) is 0 Å². The minimum Gasteiger partial charge on any atom is -0.359 e. The minimum atomic E-state index is 0.0942. The van der Waals surface area contributed by atoms with Crippen LogP contribution >= 0.6 is 0 Å². The lowest BCUT2D eigenvalue weighted by Gasteiger charge is -2.62. The lowest BCUT2D eigenvalue weighted by atomic mass is 9.65. The van der Waals surface area contributed by atoms with Gasteiger partial charge >= 0.3 is 0 Å². The molecule has 130 valence electrons. The zero-order chi connectivity index (χ0) is 17.3. The van der Waals surface area contributed by atoms with Gasteiger partial charge in [0.25, 0.3) is 0 Å². The summed E-state index contributed by atoms with van der Waals surface area (Å²) in [5.74, 6) is 2.28. The number of hydrogen-bond acceptors (Lipinski definition) is 3. The van der Waals surface area contributed by atoms with E-state index in [9.17, 15) is 0 Å². The van der Waals surface area contributed by atoms with E-state index in [0.717, 1.165) is 36.8 Å². The van der Waals surface area contributed by atoms with Crippen LogP contribution in [-0.4, -0.2) is 35.1 Å². The van der Waals surface area contributed by atoms with Crippen molar-refractivity contribution < 1.29 is 4.52 Å². The van der Waals surface area contributed by atoms with Gasteiger partial charge in [0.2, 0.25) is 0 Å². The van der Waals surface area contributed by atoms with E-state index in [1.807, 2.05) is 7.05 Å². The van der Waals surface area contributed by atoms with Gasteiger partial charge in [0.1, 0.15) is 0 Å². The maximum Gasteiger partial charge on any atom is 0.194 e. The molecule has 1 N–H and O–H groups in total. The molecule has 0 bridgehead atoms. The Morgan fingerprint density at radius 3 is 2.48 bits per heavy atom. The van der Waals surface area contributed by atoms with Crippen LogP contribution in [0.4, 0.5) is 0 Å². The molecule has 1 saturated heterocycles. The molecule has 0 amide bonds. The van der Waals surface area contributed by atoms with Gasteiger partial charge in [-0.05, 0) is 26.7 Å². The Bertz CT molecular complexity index is 555. The van der Waals surface area contributed by atoms with Crippen LogP contribution in [0.1, 0.15) is 71.8 Å². The first-order valence-corrected chi connectivity index (χ1v) is 8.70. The molecule has 1 aliphatic heterocycles. The SMILES string of the molecule is CCC(CC)c1cc(CNC(=NC)N2CC(C)(C)C2(C)C)on1. The summed E-state index contributed by atoms with van der Waals surface area (Å²) in [6.45, 7) is 15.1. The molecule has 0 atom stereocenters. The molecular weight excluding hydrogens is 288 g/mol. The number of hydrogen-bond donors (Lipinski definition) is 1. The van der Waals surface area contributed by atoms with E-state index in [4.69, 9.17) is 4.52 Å². The molecule has 0 spiro atoms. The van der Waals surface area contributed by atoms with Crippen molar-refractivity contribution in [3.05, 3.63) is 17.5 Å². The van der Waals surface area contributed by atoms with Crippen molar-refractivity contribution in [3.8, 4) is 0 Å². The molecule has 0 radical (unpaired) electrons. The van der Waals surface area contributed by atoms with Crippen LogP contribution in [0.25, 0.3) is 0 Å². The highest BCUT2D eigenvalue weighted by molar-refractivity contribution is 5.81. The highest BCUT2D eigenvalue weighted by atomic mass is 16.5. The molecule has 0 aliphatic carbocycles. The Morgan fingerprint density at radius 1 is 1.35 bits per heavy atom. The third-order valence-corrected chi connectivity index (χ3v) is 5.75. The number of aromatic nitrogens is 1. The molecule has 1 aromatic heterocycles. The summed E-state index contributed by atoms with van der Waals surface area (Å²) in [5, 5.41) is 7.64. The van der Waals surface area contributed by atoms with Crippen molar-refractivity contribution >= 4 is 5.96 Å².